The Kier molecular flexibility index (Phi) is 13.0. The van der Waals surface area contributed by atoms with Crippen LogP contribution in [0.5, 0.6) is 0 Å². The Labute approximate surface area is 257 Å². The van der Waals surface area contributed by atoms with Crippen molar-refractivity contribution in [2.45, 2.75) is 96.7 Å². The number of hydrogen-bond acceptors (Lipinski definition) is 7. The number of benzene rings is 2. The molecular weight excluding hydrogens is 562 g/mol. The minimum Gasteiger partial charge on any atom is -0.444 e. The zero-order valence-corrected chi connectivity index (χ0v) is 27.4. The summed E-state index contributed by atoms with van der Waals surface area (Å²) >= 11 is 0. The van der Waals surface area contributed by atoms with Crippen molar-refractivity contribution in [1.82, 2.24) is 4.90 Å². The van der Waals surface area contributed by atoms with Gasteiger partial charge in [-0.3, -0.25) is 9.69 Å². The van der Waals surface area contributed by atoms with Gasteiger partial charge in [-0.05, 0) is 40.6 Å². The number of hydrogen-bond donors (Lipinski definition) is 0. The summed E-state index contributed by atoms with van der Waals surface area (Å²) < 4.78 is 23.0. The number of allylic oxidation sites excluding steroid dienone is 2. The second-order valence-corrected chi connectivity index (χ2v) is 17.4. The van der Waals surface area contributed by atoms with Crippen LogP contribution in [0.4, 0.5) is 9.59 Å². The summed E-state index contributed by atoms with van der Waals surface area (Å²) in [7, 11) is -2.05. The molecule has 0 N–H and O–H groups in total. The summed E-state index contributed by atoms with van der Waals surface area (Å²) in [4.78, 5) is 40.1. The maximum Gasteiger partial charge on any atom is 0.508 e. The Morgan fingerprint density at radius 1 is 0.814 bits per heavy atom. The van der Waals surface area contributed by atoms with Gasteiger partial charge in [0.15, 0.2) is 14.1 Å². The third kappa shape index (κ3) is 9.53. The third-order valence-electron chi connectivity index (χ3n) is 8.07. The molecule has 8 nitrogen and oxygen atoms in total. The molecule has 43 heavy (non-hydrogen) atoms. The van der Waals surface area contributed by atoms with Crippen molar-refractivity contribution >= 4 is 26.3 Å². The Morgan fingerprint density at radius 2 is 1.35 bits per heavy atom. The number of carbonyl (C=O) groups is 3. The average molecular weight is 610 g/mol. The van der Waals surface area contributed by atoms with Crippen LogP contribution in [0.15, 0.2) is 72.4 Å². The molecule has 1 aliphatic rings. The van der Waals surface area contributed by atoms with E-state index in [1.54, 1.807) is 0 Å². The molecule has 9 heteroatoms. The summed E-state index contributed by atoms with van der Waals surface area (Å²) in [6, 6.07) is 17.9. The standard InChI is InChI=1S/C34H47NO7Si/c1-25(2)43(26(3)4,27(5)6)42-19-13-18-30-20-32(36)21-31(24-41-34(38)40-23-29-16-11-8-12-17-29)35(30)33(37)39-22-28-14-9-7-10-15-28/h7-12,14-17,20,25-27,31H,13,18-19,21-24H2,1-6H3/t31-/m1/s1. The quantitative estimate of drug-likeness (QED) is 0.121. The first kappa shape index (κ1) is 34.1. The average Bonchev–Trinajstić information content (AvgIpc) is 2.98. The fourth-order valence-electron chi connectivity index (χ4n) is 6.18. The van der Waals surface area contributed by atoms with Crippen LogP contribution >= 0.6 is 0 Å². The van der Waals surface area contributed by atoms with Gasteiger partial charge in [-0.25, -0.2) is 9.59 Å². The molecule has 3 rings (SSSR count). The Balaban J connectivity index is 1.69. The predicted molar refractivity (Wildman–Crippen MR) is 169 cm³/mol. The fourth-order valence-corrected chi connectivity index (χ4v) is 11.7. The zero-order valence-electron chi connectivity index (χ0n) is 26.4. The number of carbonyl (C=O) groups excluding carboxylic acids is 3. The van der Waals surface area contributed by atoms with Crippen molar-refractivity contribution < 1.29 is 33.0 Å². The van der Waals surface area contributed by atoms with E-state index in [0.29, 0.717) is 41.8 Å². The summed E-state index contributed by atoms with van der Waals surface area (Å²) in [5, 5.41) is 0. The van der Waals surface area contributed by atoms with Gasteiger partial charge in [-0.2, -0.15) is 0 Å². The molecule has 0 saturated heterocycles. The summed E-state index contributed by atoms with van der Waals surface area (Å²) in [5.74, 6) is -0.135. The summed E-state index contributed by atoms with van der Waals surface area (Å²) in [5.41, 5.74) is 3.57. The second-order valence-electron chi connectivity index (χ2n) is 12.0. The molecule has 0 bridgehead atoms. The lowest BCUT2D eigenvalue weighted by molar-refractivity contribution is -0.117. The van der Waals surface area contributed by atoms with Crippen LogP contribution in [-0.2, 0) is 36.6 Å². The van der Waals surface area contributed by atoms with Crippen molar-refractivity contribution in [2.24, 2.45) is 0 Å². The zero-order chi connectivity index (χ0) is 31.4. The predicted octanol–water partition coefficient (Wildman–Crippen LogP) is 8.18. The van der Waals surface area contributed by atoms with E-state index < -0.39 is 26.6 Å². The number of ether oxygens (including phenoxy) is 3. The van der Waals surface area contributed by atoms with Gasteiger partial charge in [0, 0.05) is 24.8 Å². The lowest BCUT2D eigenvalue weighted by atomic mass is 10.0. The molecule has 1 aliphatic heterocycles. The first-order valence-corrected chi connectivity index (χ1v) is 17.4. The fraction of sp³-hybridized carbons (Fsp3) is 0.500. The number of nitrogens with zero attached hydrogens (tertiary/aromatic N) is 1. The van der Waals surface area contributed by atoms with Crippen LogP contribution in [-0.4, -0.2) is 50.5 Å². The molecule has 0 fully saturated rings. The molecular formula is C34H47NO7Si. The van der Waals surface area contributed by atoms with E-state index in [2.05, 4.69) is 41.5 Å². The first-order chi connectivity index (χ1) is 20.5. The van der Waals surface area contributed by atoms with E-state index in [4.69, 9.17) is 18.6 Å². The lowest BCUT2D eigenvalue weighted by Crippen LogP contribution is -2.48. The molecule has 0 saturated carbocycles. The largest absolute Gasteiger partial charge is 0.508 e. The van der Waals surface area contributed by atoms with E-state index in [1.807, 2.05) is 60.7 Å². The van der Waals surface area contributed by atoms with Gasteiger partial charge in [0.05, 0.1) is 6.04 Å². The van der Waals surface area contributed by atoms with Crippen LogP contribution in [0, 0.1) is 0 Å². The van der Waals surface area contributed by atoms with E-state index in [-0.39, 0.29) is 32.0 Å². The van der Waals surface area contributed by atoms with Crippen LogP contribution in [0.2, 0.25) is 16.6 Å². The van der Waals surface area contributed by atoms with Gasteiger partial charge in [-0.1, -0.05) is 102 Å². The van der Waals surface area contributed by atoms with E-state index in [1.165, 1.54) is 11.0 Å². The molecule has 0 radical (unpaired) electrons. The topological polar surface area (TPSA) is 91.4 Å². The van der Waals surface area contributed by atoms with Gasteiger partial charge in [0.25, 0.3) is 0 Å². The van der Waals surface area contributed by atoms with Gasteiger partial charge in [0.2, 0.25) is 0 Å². The molecule has 0 aliphatic carbocycles. The number of amides is 1. The van der Waals surface area contributed by atoms with Crippen molar-refractivity contribution in [3.63, 3.8) is 0 Å². The Hall–Kier alpha value is -3.43. The van der Waals surface area contributed by atoms with Crippen LogP contribution in [0.3, 0.4) is 0 Å². The lowest BCUT2D eigenvalue weighted by Gasteiger charge is -2.42. The second kappa shape index (κ2) is 16.4. The minimum atomic E-state index is -2.05. The van der Waals surface area contributed by atoms with Crippen LogP contribution in [0.1, 0.15) is 71.9 Å². The molecule has 0 spiro atoms. The van der Waals surface area contributed by atoms with Crippen LogP contribution < -0.4 is 0 Å². The van der Waals surface area contributed by atoms with Crippen molar-refractivity contribution in [3.8, 4) is 0 Å². The summed E-state index contributed by atoms with van der Waals surface area (Å²) in [6.07, 6.45) is 1.14. The van der Waals surface area contributed by atoms with Gasteiger partial charge >= 0.3 is 12.2 Å². The minimum absolute atomic E-state index is 0.0104. The van der Waals surface area contributed by atoms with Gasteiger partial charge in [-0.15, -0.1) is 0 Å². The highest BCUT2D eigenvalue weighted by atomic mass is 28.4. The summed E-state index contributed by atoms with van der Waals surface area (Å²) in [6.45, 7) is 13.9. The van der Waals surface area contributed by atoms with Crippen molar-refractivity contribution in [1.29, 1.82) is 0 Å². The van der Waals surface area contributed by atoms with Crippen molar-refractivity contribution in [2.75, 3.05) is 13.2 Å². The normalized spacial score (nSPS) is 15.6. The Morgan fingerprint density at radius 3 is 1.88 bits per heavy atom. The first-order valence-electron chi connectivity index (χ1n) is 15.2. The molecule has 2 aromatic rings. The van der Waals surface area contributed by atoms with E-state index in [9.17, 15) is 14.4 Å². The van der Waals surface area contributed by atoms with Crippen LogP contribution in [0.25, 0.3) is 0 Å². The molecule has 0 unspecified atom stereocenters. The highest BCUT2D eigenvalue weighted by Crippen LogP contribution is 2.42. The highest BCUT2D eigenvalue weighted by Gasteiger charge is 2.45. The van der Waals surface area contributed by atoms with E-state index >= 15 is 0 Å². The number of ketones is 1. The maximum atomic E-state index is 13.5. The molecule has 1 heterocycles. The SMILES string of the molecule is CC(C)[Si](OCCCC1=CC(=O)C[C@H](COC(=O)OCc2ccccc2)N1C(=O)OCc1ccccc1)(C(C)C)C(C)C. The van der Waals surface area contributed by atoms with Gasteiger partial charge in [0.1, 0.15) is 19.8 Å². The molecule has 234 valence electrons. The Bertz CT molecular complexity index is 1190. The third-order valence-corrected chi connectivity index (χ3v) is 14.2. The number of rotatable bonds is 14. The monoisotopic (exact) mass is 609 g/mol. The smallest absolute Gasteiger partial charge is 0.444 e. The molecule has 1 amide bonds. The maximum absolute atomic E-state index is 13.5. The van der Waals surface area contributed by atoms with Crippen molar-refractivity contribution in [3.05, 3.63) is 83.6 Å². The van der Waals surface area contributed by atoms with E-state index in [0.717, 1.165) is 11.1 Å². The molecule has 2 aromatic carbocycles. The highest BCUT2D eigenvalue weighted by molar-refractivity contribution is 6.77. The molecule has 0 aromatic heterocycles. The van der Waals surface area contributed by atoms with Gasteiger partial charge < -0.3 is 18.6 Å². The molecule has 1 atom stereocenters.